The first-order chi connectivity index (χ1) is 29.2. The number of fused-ring (bicyclic) bond motifs is 1. The van der Waals surface area contributed by atoms with Crippen LogP contribution in [0.5, 0.6) is 5.75 Å². The molecule has 3 N–H and O–H groups in total. The van der Waals surface area contributed by atoms with Crippen molar-refractivity contribution in [1.82, 2.24) is 40.2 Å². The van der Waals surface area contributed by atoms with Gasteiger partial charge >= 0.3 is 0 Å². The lowest BCUT2D eigenvalue weighted by atomic mass is 9.91. The number of aromatic nitrogens is 4. The monoisotopic (exact) mass is 855 g/mol. The molecule has 0 spiro atoms. The van der Waals surface area contributed by atoms with E-state index in [2.05, 4.69) is 50.1 Å². The summed E-state index contributed by atoms with van der Waals surface area (Å²) >= 11 is 8.11. The lowest BCUT2D eigenvalue weighted by Crippen LogP contribution is -2.52. The fraction of sp³-hybridized carbons (Fsp3) is 0.556. The second-order valence-electron chi connectivity index (χ2n) is 17.2. The number of thiophene rings is 1. The number of halogens is 1. The van der Waals surface area contributed by atoms with E-state index in [9.17, 15) is 14.4 Å². The summed E-state index contributed by atoms with van der Waals surface area (Å²) in [6.45, 7) is 3.77. The molecule has 1 aromatic carbocycles. The number of nitrogens with zero attached hydrogens (tertiary/aromatic N) is 6. The quantitative estimate of drug-likeness (QED) is 0.0613. The minimum absolute atomic E-state index is 0.151. The summed E-state index contributed by atoms with van der Waals surface area (Å²) in [5.41, 5.74) is 5.80. The van der Waals surface area contributed by atoms with Gasteiger partial charge in [-0.15, -0.1) is 11.3 Å². The van der Waals surface area contributed by atoms with Gasteiger partial charge in [0.25, 0.3) is 5.91 Å². The van der Waals surface area contributed by atoms with Gasteiger partial charge in [-0.3, -0.25) is 24.4 Å². The highest BCUT2D eigenvalue weighted by Gasteiger charge is 2.40. The standard InChI is InChI=1S/C45H58ClN9O4S/c1-53(25-30-10-16-33(17-11-30)59-27-40-35-26-55(44(58)36(35)28-60-40)38-18-19-41(56)51-43(38)57)21-7-5-3-4-6-20-47-31-12-14-32(15-13-31)50-45-48-24-37(46)42(52-45)34-23-49-54(2)39(34)22-29-8-9-29/h10-11,16-17,23-24,28-29,31-32,38,47H,3-9,12-15,18-22,25-27H2,1-2H3,(H,48,50,52)(H,51,56,57). The van der Waals surface area contributed by atoms with Crippen molar-refractivity contribution in [3.63, 3.8) is 0 Å². The summed E-state index contributed by atoms with van der Waals surface area (Å²) < 4.78 is 8.08. The van der Waals surface area contributed by atoms with Gasteiger partial charge in [-0.1, -0.05) is 43.0 Å². The van der Waals surface area contributed by atoms with Crippen LogP contribution in [0, 0.1) is 5.92 Å². The van der Waals surface area contributed by atoms with Crippen LogP contribution >= 0.6 is 22.9 Å². The van der Waals surface area contributed by atoms with Crippen LogP contribution in [0.1, 0.15) is 116 Å². The number of carbonyl (C=O) groups excluding carboxylic acids is 3. The molecule has 4 aromatic rings. The maximum absolute atomic E-state index is 13.0. The highest BCUT2D eigenvalue weighted by atomic mass is 35.5. The molecule has 60 heavy (non-hydrogen) atoms. The zero-order valence-corrected chi connectivity index (χ0v) is 36.5. The van der Waals surface area contributed by atoms with Crippen molar-refractivity contribution in [2.24, 2.45) is 13.0 Å². The first-order valence-electron chi connectivity index (χ1n) is 21.9. The van der Waals surface area contributed by atoms with Crippen LogP contribution < -0.4 is 20.7 Å². The van der Waals surface area contributed by atoms with Crippen LogP contribution in [-0.2, 0) is 42.8 Å². The van der Waals surface area contributed by atoms with Crippen molar-refractivity contribution in [3.05, 3.63) is 74.3 Å². The Kier molecular flexibility index (Phi) is 13.8. The SMILES string of the molecule is CN(CCCCCCCNC1CCC(Nc2ncc(Cl)c(-c3cnn(C)c3CC3CC3)n2)CC1)Cc1ccc(OCc2scc3c2CN(C2CCC(=O)NC2=O)C3=O)cc1. The predicted octanol–water partition coefficient (Wildman–Crippen LogP) is 7.28. The highest BCUT2D eigenvalue weighted by molar-refractivity contribution is 7.10. The number of anilines is 1. The molecule has 320 valence electrons. The van der Waals surface area contributed by atoms with Crippen molar-refractivity contribution in [1.29, 1.82) is 0 Å². The molecule has 3 fully saturated rings. The van der Waals surface area contributed by atoms with E-state index in [0.29, 0.717) is 48.2 Å². The van der Waals surface area contributed by atoms with Crippen molar-refractivity contribution in [2.75, 3.05) is 25.5 Å². The maximum Gasteiger partial charge on any atom is 0.256 e. The summed E-state index contributed by atoms with van der Waals surface area (Å²) in [5, 5.41) is 16.7. The zero-order valence-electron chi connectivity index (χ0n) is 34.9. The van der Waals surface area contributed by atoms with Gasteiger partial charge < -0.3 is 25.2 Å². The highest BCUT2D eigenvalue weighted by Crippen LogP contribution is 2.38. The molecule has 4 aliphatic rings. The van der Waals surface area contributed by atoms with Crippen LogP contribution in [-0.4, -0.2) is 85.5 Å². The molecule has 1 atom stereocenters. The number of rotatable bonds is 20. The summed E-state index contributed by atoms with van der Waals surface area (Å²) in [6, 6.07) is 8.59. The van der Waals surface area contributed by atoms with Gasteiger partial charge in [0.15, 0.2) is 0 Å². The normalized spacial score (nSPS) is 20.5. The molecule has 13 nitrogen and oxygen atoms in total. The van der Waals surface area contributed by atoms with Crippen LogP contribution in [0.25, 0.3) is 11.3 Å². The average Bonchev–Trinajstić information content (AvgIpc) is 3.74. The molecule has 5 heterocycles. The molecule has 3 amide bonds. The van der Waals surface area contributed by atoms with E-state index >= 15 is 0 Å². The number of nitrogens with one attached hydrogen (secondary N) is 3. The molecule has 3 aromatic heterocycles. The molecular weight excluding hydrogens is 798 g/mol. The molecule has 2 saturated carbocycles. The second-order valence-corrected chi connectivity index (χ2v) is 18.6. The number of carbonyl (C=O) groups is 3. The number of hydrogen-bond acceptors (Lipinski definition) is 11. The average molecular weight is 857 g/mol. The predicted molar refractivity (Wildman–Crippen MR) is 234 cm³/mol. The molecule has 2 aliphatic carbocycles. The minimum Gasteiger partial charge on any atom is -0.488 e. The Balaban J connectivity index is 0.666. The Bertz CT molecular complexity index is 2130. The van der Waals surface area contributed by atoms with Gasteiger partial charge in [0.05, 0.1) is 28.7 Å². The topological polar surface area (TPSA) is 147 Å². The maximum atomic E-state index is 13.0. The Morgan fingerprint density at radius 3 is 2.50 bits per heavy atom. The van der Waals surface area contributed by atoms with E-state index in [1.165, 1.54) is 67.5 Å². The van der Waals surface area contributed by atoms with Gasteiger partial charge in [0.1, 0.15) is 18.4 Å². The van der Waals surface area contributed by atoms with Crippen molar-refractivity contribution < 1.29 is 19.1 Å². The van der Waals surface area contributed by atoms with Crippen molar-refractivity contribution in [2.45, 2.75) is 128 Å². The molecule has 2 aliphatic heterocycles. The summed E-state index contributed by atoms with van der Waals surface area (Å²) in [6.07, 6.45) is 18.5. The summed E-state index contributed by atoms with van der Waals surface area (Å²) in [7, 11) is 4.18. The third kappa shape index (κ3) is 10.6. The van der Waals surface area contributed by atoms with E-state index in [0.717, 1.165) is 85.1 Å². The number of ether oxygens (including phenoxy) is 1. The third-order valence-corrected chi connectivity index (χ3v) is 13.9. The van der Waals surface area contributed by atoms with Gasteiger partial charge in [0, 0.05) is 65.7 Å². The molecule has 0 radical (unpaired) electrons. The number of imide groups is 1. The number of amides is 3. The molecule has 8 rings (SSSR count). The van der Waals surface area contributed by atoms with E-state index in [4.69, 9.17) is 21.3 Å². The lowest BCUT2D eigenvalue weighted by molar-refractivity contribution is -0.136. The van der Waals surface area contributed by atoms with Crippen LogP contribution in [0.2, 0.25) is 5.02 Å². The number of benzene rings is 1. The lowest BCUT2D eigenvalue weighted by Gasteiger charge is -2.30. The third-order valence-electron chi connectivity index (χ3n) is 12.6. The first-order valence-corrected chi connectivity index (χ1v) is 23.1. The molecule has 1 saturated heterocycles. The Hall–Kier alpha value is -4.37. The summed E-state index contributed by atoms with van der Waals surface area (Å²) in [4.78, 5) is 51.3. The molecular formula is C45H58ClN9O4S. The molecule has 15 heteroatoms. The largest absolute Gasteiger partial charge is 0.488 e. The smallest absolute Gasteiger partial charge is 0.256 e. The van der Waals surface area contributed by atoms with E-state index in [-0.39, 0.29) is 18.2 Å². The van der Waals surface area contributed by atoms with E-state index in [1.807, 2.05) is 35.4 Å². The fourth-order valence-corrected chi connectivity index (χ4v) is 9.99. The van der Waals surface area contributed by atoms with Crippen molar-refractivity contribution >= 4 is 46.6 Å². The number of unbranched alkanes of at least 4 members (excludes halogenated alkanes) is 4. The number of hydrogen-bond donors (Lipinski definition) is 3. The van der Waals surface area contributed by atoms with Crippen LogP contribution in [0.3, 0.4) is 0 Å². The molecule has 1 unspecified atom stereocenters. The van der Waals surface area contributed by atoms with Gasteiger partial charge in [-0.2, -0.15) is 5.10 Å². The Morgan fingerprint density at radius 1 is 0.950 bits per heavy atom. The van der Waals surface area contributed by atoms with Crippen molar-refractivity contribution in [3.8, 4) is 17.0 Å². The fourth-order valence-electron chi connectivity index (χ4n) is 8.85. The number of aryl methyl sites for hydroxylation is 1. The van der Waals surface area contributed by atoms with Gasteiger partial charge in [-0.05, 0) is 108 Å². The Morgan fingerprint density at radius 2 is 1.72 bits per heavy atom. The van der Waals surface area contributed by atoms with Crippen LogP contribution in [0.15, 0.2) is 42.0 Å². The number of piperidine rings is 1. The van der Waals surface area contributed by atoms with Crippen LogP contribution in [0.4, 0.5) is 5.95 Å². The summed E-state index contributed by atoms with van der Waals surface area (Å²) in [5.74, 6) is 1.36. The second kappa shape index (κ2) is 19.6. The van der Waals surface area contributed by atoms with Gasteiger partial charge in [0.2, 0.25) is 17.8 Å². The minimum atomic E-state index is -0.608. The first kappa shape index (κ1) is 42.3. The zero-order chi connectivity index (χ0) is 41.6. The Labute approximate surface area is 362 Å². The van der Waals surface area contributed by atoms with E-state index in [1.54, 1.807) is 11.1 Å². The van der Waals surface area contributed by atoms with Gasteiger partial charge in [-0.25, -0.2) is 9.97 Å². The van der Waals surface area contributed by atoms with E-state index < -0.39 is 11.9 Å². The molecule has 0 bridgehead atoms.